The fourth-order valence-electron chi connectivity index (χ4n) is 5.47. The molecule has 0 aromatic carbocycles. The predicted octanol–water partition coefficient (Wildman–Crippen LogP) is 7.17. The number of allylic oxidation sites excluding steroid dienone is 3. The second-order valence-corrected chi connectivity index (χ2v) is 9.45. The molecule has 4 heterocycles. The van der Waals surface area contributed by atoms with E-state index in [1.807, 2.05) is 24.4 Å². The van der Waals surface area contributed by atoms with Crippen molar-refractivity contribution in [1.29, 1.82) is 0 Å². The van der Waals surface area contributed by atoms with Crippen LogP contribution in [0.2, 0.25) is 0 Å². The molecule has 0 amide bonds. The number of methoxy groups -OCH3 is 1. The normalized spacial score (nSPS) is 23.6. The summed E-state index contributed by atoms with van der Waals surface area (Å²) in [5.74, 6) is 2.87. The summed E-state index contributed by atoms with van der Waals surface area (Å²) in [5, 5.41) is 0. The molecular formula is C26H32N2O2. The first-order valence-electron chi connectivity index (χ1n) is 11.5. The van der Waals surface area contributed by atoms with Crippen LogP contribution in [0.15, 0.2) is 51.2 Å². The number of nitrogens with one attached hydrogen (secondary N) is 1. The molecule has 4 heteroatoms. The van der Waals surface area contributed by atoms with Crippen LogP contribution in [-0.2, 0) is 0 Å². The average molecular weight is 405 g/mol. The maximum Gasteiger partial charge on any atom is 0.175 e. The number of H-pyrrole nitrogens is 1. The smallest absolute Gasteiger partial charge is 0.175 e. The van der Waals surface area contributed by atoms with Crippen LogP contribution >= 0.6 is 0 Å². The summed E-state index contributed by atoms with van der Waals surface area (Å²) < 4.78 is 12.3. The first kappa shape index (κ1) is 19.5. The maximum atomic E-state index is 6.47. The molecule has 0 fully saturated rings. The third-order valence-electron chi connectivity index (χ3n) is 7.19. The largest absolute Gasteiger partial charge is 0.493 e. The van der Waals surface area contributed by atoms with E-state index in [1.165, 1.54) is 55.4 Å². The molecule has 2 aromatic heterocycles. The Morgan fingerprint density at radius 1 is 1.13 bits per heavy atom. The van der Waals surface area contributed by atoms with E-state index in [0.29, 0.717) is 5.92 Å². The van der Waals surface area contributed by atoms with Crippen LogP contribution in [0.1, 0.15) is 71.0 Å². The van der Waals surface area contributed by atoms with Crippen LogP contribution in [-0.4, -0.2) is 17.8 Å². The van der Waals surface area contributed by atoms with Gasteiger partial charge in [-0.1, -0.05) is 46.0 Å². The van der Waals surface area contributed by atoms with E-state index in [1.54, 1.807) is 7.11 Å². The van der Waals surface area contributed by atoms with E-state index >= 15 is 0 Å². The summed E-state index contributed by atoms with van der Waals surface area (Å²) >= 11 is 0. The zero-order valence-corrected chi connectivity index (χ0v) is 18.4. The van der Waals surface area contributed by atoms with Gasteiger partial charge in [-0.05, 0) is 54.4 Å². The Labute approximate surface area is 179 Å². The van der Waals surface area contributed by atoms with Crippen LogP contribution in [0.3, 0.4) is 0 Å². The number of rotatable bonds is 3. The fourth-order valence-corrected chi connectivity index (χ4v) is 5.47. The highest BCUT2D eigenvalue weighted by atomic mass is 16.5. The summed E-state index contributed by atoms with van der Waals surface area (Å²) in [6, 6.07) is 6.03. The topological polar surface area (TPSA) is 50.5 Å². The Balaban J connectivity index is 1.65. The molecule has 6 rings (SSSR count). The van der Waals surface area contributed by atoms with Crippen molar-refractivity contribution >= 4 is 11.3 Å². The molecule has 4 nitrogen and oxygen atoms in total. The van der Waals surface area contributed by atoms with E-state index < -0.39 is 0 Å². The van der Waals surface area contributed by atoms with Crippen molar-refractivity contribution in [3.05, 3.63) is 47.5 Å². The standard InChI is InChI=1S/C26H32N2O2/c1-26(2)18-12-9-7-5-4-6-8-11-17-15-19(26)24(28-17)23(18)25-22(29-3)16-21(30-25)20-13-10-14-27-20/h10,13-16,18,27H,4-9,11-12H2,1-3H3. The number of aromatic nitrogens is 1. The Hall–Kier alpha value is -2.49. The lowest BCUT2D eigenvalue weighted by atomic mass is 9.73. The number of hydrogen-bond acceptors (Lipinski definition) is 3. The molecule has 0 spiro atoms. The van der Waals surface area contributed by atoms with E-state index in [9.17, 15) is 0 Å². The van der Waals surface area contributed by atoms with Gasteiger partial charge in [-0.25, -0.2) is 0 Å². The zero-order chi connectivity index (χ0) is 20.7. The SMILES string of the molecule is COc1cc(-c2ccc[nH]2)oc1C1=C2N=C3C=C2C(C)(C)C1CCCCCCCC3. The number of fused-ring (bicyclic) bond motifs is 7. The number of ether oxygens (including phenoxy) is 1. The van der Waals surface area contributed by atoms with Gasteiger partial charge in [0.15, 0.2) is 17.3 Å². The highest BCUT2D eigenvalue weighted by Crippen LogP contribution is 2.59. The van der Waals surface area contributed by atoms with E-state index in [4.69, 9.17) is 14.1 Å². The molecule has 30 heavy (non-hydrogen) atoms. The number of hydrogen-bond donors (Lipinski definition) is 1. The first-order valence-corrected chi connectivity index (χ1v) is 11.5. The Morgan fingerprint density at radius 2 is 1.93 bits per heavy atom. The van der Waals surface area contributed by atoms with Crippen LogP contribution in [0, 0.1) is 11.3 Å². The maximum absolute atomic E-state index is 6.47. The van der Waals surface area contributed by atoms with Crippen molar-refractivity contribution in [2.24, 2.45) is 16.3 Å². The summed E-state index contributed by atoms with van der Waals surface area (Å²) in [6.07, 6.45) is 14.3. The first-order chi connectivity index (χ1) is 14.6. The number of furan rings is 1. The van der Waals surface area contributed by atoms with Gasteiger partial charge in [0.2, 0.25) is 0 Å². The highest BCUT2D eigenvalue weighted by Gasteiger charge is 2.48. The van der Waals surface area contributed by atoms with Gasteiger partial charge < -0.3 is 14.1 Å². The van der Waals surface area contributed by atoms with Crippen molar-refractivity contribution in [3.8, 4) is 17.2 Å². The molecule has 1 atom stereocenters. The average Bonchev–Trinajstić information content (AvgIpc) is 3.49. The Kier molecular flexibility index (Phi) is 4.96. The second kappa shape index (κ2) is 7.64. The third kappa shape index (κ3) is 3.17. The van der Waals surface area contributed by atoms with Gasteiger partial charge >= 0.3 is 0 Å². The monoisotopic (exact) mass is 404 g/mol. The summed E-state index contributed by atoms with van der Waals surface area (Å²) in [7, 11) is 1.73. The molecule has 0 radical (unpaired) electrons. The molecule has 4 bridgehead atoms. The lowest BCUT2D eigenvalue weighted by Gasteiger charge is -2.30. The quantitative estimate of drug-likeness (QED) is 0.590. The molecule has 1 unspecified atom stereocenters. The molecule has 2 aliphatic heterocycles. The van der Waals surface area contributed by atoms with E-state index in [2.05, 4.69) is 24.9 Å². The van der Waals surface area contributed by atoms with Crippen molar-refractivity contribution in [2.45, 2.75) is 65.2 Å². The molecule has 1 N–H and O–H groups in total. The Morgan fingerprint density at radius 3 is 2.70 bits per heavy atom. The van der Waals surface area contributed by atoms with Gasteiger partial charge in [0, 0.05) is 23.5 Å². The molecule has 4 aliphatic rings. The molecule has 0 saturated carbocycles. The molecule has 2 aromatic rings. The van der Waals surface area contributed by atoms with Gasteiger partial charge in [0.25, 0.3) is 0 Å². The van der Waals surface area contributed by atoms with Crippen molar-refractivity contribution in [1.82, 2.24) is 4.98 Å². The second-order valence-electron chi connectivity index (χ2n) is 9.45. The highest BCUT2D eigenvalue weighted by molar-refractivity contribution is 6.03. The summed E-state index contributed by atoms with van der Waals surface area (Å²) in [6.45, 7) is 4.77. The molecular weight excluding hydrogens is 372 g/mol. The lowest BCUT2D eigenvalue weighted by Crippen LogP contribution is -2.22. The number of nitrogens with zero attached hydrogens (tertiary/aromatic N) is 1. The van der Waals surface area contributed by atoms with Crippen LogP contribution in [0.25, 0.3) is 17.0 Å². The molecule has 158 valence electrons. The summed E-state index contributed by atoms with van der Waals surface area (Å²) in [5.41, 5.74) is 6.03. The lowest BCUT2D eigenvalue weighted by molar-refractivity contribution is 0.319. The fraction of sp³-hybridized carbons (Fsp3) is 0.500. The third-order valence-corrected chi connectivity index (χ3v) is 7.19. The van der Waals surface area contributed by atoms with Crippen LogP contribution < -0.4 is 4.74 Å². The van der Waals surface area contributed by atoms with Gasteiger partial charge in [0.05, 0.1) is 18.5 Å². The van der Waals surface area contributed by atoms with Crippen molar-refractivity contribution in [3.63, 3.8) is 0 Å². The van der Waals surface area contributed by atoms with Gasteiger partial charge in [-0.2, -0.15) is 0 Å². The number of aliphatic imine (C=N–C) groups is 1. The minimum atomic E-state index is 0.0500. The molecule has 2 aliphatic carbocycles. The van der Waals surface area contributed by atoms with Gasteiger partial charge in [-0.15, -0.1) is 0 Å². The van der Waals surface area contributed by atoms with E-state index in [-0.39, 0.29) is 5.41 Å². The summed E-state index contributed by atoms with van der Waals surface area (Å²) in [4.78, 5) is 8.41. The molecule has 0 saturated heterocycles. The van der Waals surface area contributed by atoms with Crippen LogP contribution in [0.5, 0.6) is 5.75 Å². The van der Waals surface area contributed by atoms with Crippen molar-refractivity contribution < 1.29 is 9.15 Å². The van der Waals surface area contributed by atoms with Gasteiger partial charge in [0.1, 0.15) is 0 Å². The Bertz CT molecular complexity index is 1020. The van der Waals surface area contributed by atoms with Crippen LogP contribution in [0.4, 0.5) is 0 Å². The van der Waals surface area contributed by atoms with Crippen molar-refractivity contribution in [2.75, 3.05) is 7.11 Å². The van der Waals surface area contributed by atoms with E-state index in [0.717, 1.165) is 41.5 Å². The van der Waals surface area contributed by atoms with Gasteiger partial charge in [-0.3, -0.25) is 4.99 Å². The number of aromatic amines is 1. The predicted molar refractivity (Wildman–Crippen MR) is 122 cm³/mol. The minimum Gasteiger partial charge on any atom is -0.493 e. The zero-order valence-electron chi connectivity index (χ0n) is 18.4. The minimum absolute atomic E-state index is 0.0500.